The molecule has 0 saturated carbocycles. The second-order valence-corrected chi connectivity index (χ2v) is 6.02. The molecule has 5 heteroatoms. The Balaban J connectivity index is 1.95. The first kappa shape index (κ1) is 14.6. The van der Waals surface area contributed by atoms with Crippen molar-refractivity contribution < 1.29 is 0 Å². The fourth-order valence-corrected chi connectivity index (χ4v) is 3.19. The molecule has 0 aliphatic rings. The molecule has 2 nitrogen and oxygen atoms in total. The van der Waals surface area contributed by atoms with Crippen LogP contribution in [0.3, 0.4) is 0 Å². The Morgan fingerprint density at radius 1 is 1.05 bits per heavy atom. The molecule has 0 unspecified atom stereocenters. The van der Waals surface area contributed by atoms with Gasteiger partial charge in [0.1, 0.15) is 4.60 Å². The fraction of sp³-hybridized carbons (Fsp3) is 0.0625. The van der Waals surface area contributed by atoms with Crippen LogP contribution in [-0.4, -0.2) is 9.78 Å². The first-order valence-corrected chi connectivity index (χ1v) is 8.04. The van der Waals surface area contributed by atoms with Crippen LogP contribution in [0.1, 0.15) is 5.56 Å². The van der Waals surface area contributed by atoms with Gasteiger partial charge in [-0.25, -0.2) is 4.68 Å². The number of alkyl halides is 1. The van der Waals surface area contributed by atoms with E-state index >= 15 is 0 Å². The smallest absolute Gasteiger partial charge is 0.114 e. The van der Waals surface area contributed by atoms with Crippen molar-refractivity contribution in [3.63, 3.8) is 0 Å². The Hall–Kier alpha value is -1.29. The van der Waals surface area contributed by atoms with Gasteiger partial charge in [-0.05, 0) is 51.3 Å². The molecule has 0 N–H and O–H groups in total. The van der Waals surface area contributed by atoms with Crippen LogP contribution < -0.4 is 0 Å². The minimum Gasteiger partial charge on any atom is -0.226 e. The summed E-state index contributed by atoms with van der Waals surface area (Å²) in [6, 6.07) is 15.9. The molecule has 1 heterocycles. The van der Waals surface area contributed by atoms with E-state index in [4.69, 9.17) is 23.2 Å². The van der Waals surface area contributed by atoms with Gasteiger partial charge in [-0.3, -0.25) is 0 Å². The SMILES string of the molecule is ClCc1cnn(-c2ccc(-c3cccc(Cl)c3)cc2)c1Br. The van der Waals surface area contributed by atoms with Gasteiger partial charge in [0.05, 0.1) is 17.8 Å². The Labute approximate surface area is 141 Å². The molecule has 0 amide bonds. The van der Waals surface area contributed by atoms with Crippen molar-refractivity contribution in [3.05, 3.63) is 69.9 Å². The molecular formula is C16H11BrCl2N2. The van der Waals surface area contributed by atoms with E-state index in [9.17, 15) is 0 Å². The summed E-state index contributed by atoms with van der Waals surface area (Å²) in [5, 5.41) is 5.07. The highest BCUT2D eigenvalue weighted by Gasteiger charge is 2.08. The van der Waals surface area contributed by atoms with E-state index < -0.39 is 0 Å². The predicted octanol–water partition coefficient (Wildman–Crippen LogP) is 5.69. The molecule has 0 fully saturated rings. The highest BCUT2D eigenvalue weighted by Crippen LogP contribution is 2.26. The van der Waals surface area contributed by atoms with Crippen molar-refractivity contribution in [2.45, 2.75) is 5.88 Å². The van der Waals surface area contributed by atoms with Crippen LogP contribution in [0, 0.1) is 0 Å². The van der Waals surface area contributed by atoms with Crippen molar-refractivity contribution in [1.29, 1.82) is 0 Å². The minimum absolute atomic E-state index is 0.432. The summed E-state index contributed by atoms with van der Waals surface area (Å²) in [5.74, 6) is 0.432. The summed E-state index contributed by atoms with van der Waals surface area (Å²) in [6.45, 7) is 0. The van der Waals surface area contributed by atoms with E-state index in [-0.39, 0.29) is 0 Å². The van der Waals surface area contributed by atoms with Gasteiger partial charge in [0.15, 0.2) is 0 Å². The zero-order valence-electron chi connectivity index (χ0n) is 10.9. The van der Waals surface area contributed by atoms with Crippen LogP contribution in [-0.2, 0) is 5.88 Å². The van der Waals surface area contributed by atoms with Gasteiger partial charge in [0.2, 0.25) is 0 Å². The molecule has 2 aromatic carbocycles. The number of nitrogens with zero attached hydrogens (tertiary/aromatic N) is 2. The largest absolute Gasteiger partial charge is 0.226 e. The standard InChI is InChI=1S/C16H11BrCl2N2/c17-16-13(9-18)10-20-21(16)15-6-4-11(5-7-15)12-2-1-3-14(19)8-12/h1-8,10H,9H2. The van der Waals surface area contributed by atoms with Gasteiger partial charge < -0.3 is 0 Å². The number of rotatable bonds is 3. The van der Waals surface area contributed by atoms with E-state index in [1.54, 1.807) is 6.20 Å². The molecule has 0 radical (unpaired) electrons. The van der Waals surface area contributed by atoms with Crippen molar-refractivity contribution in [2.24, 2.45) is 0 Å². The average molecular weight is 382 g/mol. The van der Waals surface area contributed by atoms with E-state index in [2.05, 4.69) is 33.2 Å². The molecular weight excluding hydrogens is 371 g/mol. The molecule has 21 heavy (non-hydrogen) atoms. The number of halogens is 3. The lowest BCUT2D eigenvalue weighted by Crippen LogP contribution is -1.96. The molecule has 0 spiro atoms. The molecule has 3 rings (SSSR count). The summed E-state index contributed by atoms with van der Waals surface area (Å²) in [5.41, 5.74) is 4.15. The number of hydrogen-bond donors (Lipinski definition) is 0. The maximum Gasteiger partial charge on any atom is 0.114 e. The van der Waals surface area contributed by atoms with Crippen LogP contribution in [0.4, 0.5) is 0 Å². The van der Waals surface area contributed by atoms with Crippen molar-refractivity contribution in [1.82, 2.24) is 9.78 Å². The van der Waals surface area contributed by atoms with Gasteiger partial charge >= 0.3 is 0 Å². The fourth-order valence-electron chi connectivity index (χ4n) is 2.10. The summed E-state index contributed by atoms with van der Waals surface area (Å²) in [6.07, 6.45) is 1.77. The monoisotopic (exact) mass is 380 g/mol. The van der Waals surface area contributed by atoms with E-state index in [1.807, 2.05) is 41.1 Å². The zero-order chi connectivity index (χ0) is 14.8. The maximum absolute atomic E-state index is 6.03. The highest BCUT2D eigenvalue weighted by molar-refractivity contribution is 9.10. The molecule has 0 atom stereocenters. The molecule has 3 aromatic rings. The summed E-state index contributed by atoms with van der Waals surface area (Å²) in [7, 11) is 0. The molecule has 0 aliphatic heterocycles. The number of benzene rings is 2. The van der Waals surface area contributed by atoms with Gasteiger partial charge in [-0.15, -0.1) is 11.6 Å². The van der Waals surface area contributed by atoms with Crippen LogP contribution >= 0.6 is 39.1 Å². The third kappa shape index (κ3) is 3.00. The van der Waals surface area contributed by atoms with E-state index in [1.165, 1.54) is 0 Å². The summed E-state index contributed by atoms with van der Waals surface area (Å²) in [4.78, 5) is 0. The molecule has 0 saturated heterocycles. The average Bonchev–Trinajstić information content (AvgIpc) is 2.88. The highest BCUT2D eigenvalue weighted by atomic mass is 79.9. The quantitative estimate of drug-likeness (QED) is 0.532. The second kappa shape index (κ2) is 6.22. The molecule has 0 bridgehead atoms. The topological polar surface area (TPSA) is 17.8 Å². The first-order valence-electron chi connectivity index (χ1n) is 6.34. The van der Waals surface area contributed by atoms with E-state index in [0.29, 0.717) is 5.88 Å². The minimum atomic E-state index is 0.432. The molecule has 0 aliphatic carbocycles. The maximum atomic E-state index is 6.03. The van der Waals surface area contributed by atoms with Gasteiger partial charge in [0, 0.05) is 10.6 Å². The van der Waals surface area contributed by atoms with Crippen LogP contribution in [0.15, 0.2) is 59.3 Å². The second-order valence-electron chi connectivity index (χ2n) is 4.56. The van der Waals surface area contributed by atoms with Gasteiger partial charge in [-0.2, -0.15) is 5.10 Å². The Morgan fingerprint density at radius 2 is 1.81 bits per heavy atom. The van der Waals surface area contributed by atoms with Crippen LogP contribution in [0.25, 0.3) is 16.8 Å². The Kier molecular flexibility index (Phi) is 4.34. The lowest BCUT2D eigenvalue weighted by molar-refractivity contribution is 0.860. The normalized spacial score (nSPS) is 10.8. The third-order valence-corrected chi connectivity index (χ3v) is 4.56. The van der Waals surface area contributed by atoms with E-state index in [0.717, 1.165) is 32.0 Å². The van der Waals surface area contributed by atoms with Crippen molar-refractivity contribution >= 4 is 39.1 Å². The van der Waals surface area contributed by atoms with Gasteiger partial charge in [-0.1, -0.05) is 35.9 Å². The van der Waals surface area contributed by atoms with Gasteiger partial charge in [0.25, 0.3) is 0 Å². The Morgan fingerprint density at radius 3 is 2.43 bits per heavy atom. The summed E-state index contributed by atoms with van der Waals surface area (Å²) < 4.78 is 2.70. The zero-order valence-corrected chi connectivity index (χ0v) is 14.0. The number of hydrogen-bond acceptors (Lipinski definition) is 1. The predicted molar refractivity (Wildman–Crippen MR) is 91.3 cm³/mol. The number of aromatic nitrogens is 2. The van der Waals surface area contributed by atoms with Crippen LogP contribution in [0.5, 0.6) is 0 Å². The first-order chi connectivity index (χ1) is 10.2. The third-order valence-electron chi connectivity index (χ3n) is 3.19. The Bertz CT molecular complexity index is 766. The molecule has 106 valence electrons. The van der Waals surface area contributed by atoms with Crippen LogP contribution in [0.2, 0.25) is 5.02 Å². The lowest BCUT2D eigenvalue weighted by Gasteiger charge is -2.06. The van der Waals surface area contributed by atoms with Crippen molar-refractivity contribution in [2.75, 3.05) is 0 Å². The van der Waals surface area contributed by atoms with Crippen molar-refractivity contribution in [3.8, 4) is 16.8 Å². The summed E-state index contributed by atoms with van der Waals surface area (Å²) >= 11 is 15.4. The molecule has 1 aromatic heterocycles. The lowest BCUT2D eigenvalue weighted by atomic mass is 10.1.